The standard InChI is InChI=1S/C16H19N3O2S/c1-10(2)15-8-18-9-16(19-15)14-7-13(14)11-3-5-12(6-4-11)22(17,20)21/h3-6,8-10,13-14H,7H2,1-2H3,(H2,17,20,21). The van der Waals surface area contributed by atoms with Crippen LogP contribution in [0, 0.1) is 0 Å². The highest BCUT2D eigenvalue weighted by Gasteiger charge is 2.40. The lowest BCUT2D eigenvalue weighted by molar-refractivity contribution is 0.598. The number of primary sulfonamides is 1. The maximum atomic E-state index is 11.3. The molecule has 0 saturated heterocycles. The molecule has 2 aromatic rings. The monoisotopic (exact) mass is 317 g/mol. The van der Waals surface area contributed by atoms with Gasteiger partial charge in [-0.2, -0.15) is 0 Å². The summed E-state index contributed by atoms with van der Waals surface area (Å²) in [4.78, 5) is 9.12. The molecule has 116 valence electrons. The molecule has 0 amide bonds. The Morgan fingerprint density at radius 2 is 1.82 bits per heavy atom. The Labute approximate surface area is 130 Å². The molecule has 1 saturated carbocycles. The lowest BCUT2D eigenvalue weighted by Gasteiger charge is -2.06. The van der Waals surface area contributed by atoms with E-state index in [0.717, 1.165) is 23.4 Å². The summed E-state index contributed by atoms with van der Waals surface area (Å²) in [5.74, 6) is 1.11. The quantitative estimate of drug-likeness (QED) is 0.938. The molecule has 1 aliphatic rings. The largest absolute Gasteiger partial charge is 0.261 e. The number of sulfonamides is 1. The molecule has 2 unspecified atom stereocenters. The summed E-state index contributed by atoms with van der Waals surface area (Å²) in [7, 11) is -3.63. The summed E-state index contributed by atoms with van der Waals surface area (Å²) in [6.45, 7) is 4.20. The molecule has 1 fully saturated rings. The van der Waals surface area contributed by atoms with E-state index in [-0.39, 0.29) is 4.90 Å². The third-order valence-electron chi connectivity index (χ3n) is 4.07. The van der Waals surface area contributed by atoms with E-state index in [1.54, 1.807) is 12.1 Å². The number of nitrogens with two attached hydrogens (primary N) is 1. The summed E-state index contributed by atoms with van der Waals surface area (Å²) >= 11 is 0. The summed E-state index contributed by atoms with van der Waals surface area (Å²) in [5, 5.41) is 5.12. The highest BCUT2D eigenvalue weighted by molar-refractivity contribution is 7.89. The predicted octanol–water partition coefficient (Wildman–Crippen LogP) is 2.52. The summed E-state index contributed by atoms with van der Waals surface area (Å²) in [6.07, 6.45) is 4.66. The first-order chi connectivity index (χ1) is 10.4. The summed E-state index contributed by atoms with van der Waals surface area (Å²) in [5.41, 5.74) is 3.15. The maximum absolute atomic E-state index is 11.3. The van der Waals surface area contributed by atoms with Gasteiger partial charge in [-0.25, -0.2) is 13.6 Å². The van der Waals surface area contributed by atoms with Crippen LogP contribution in [0.25, 0.3) is 0 Å². The fraction of sp³-hybridized carbons (Fsp3) is 0.375. The fourth-order valence-corrected chi connectivity index (χ4v) is 3.16. The Hall–Kier alpha value is -1.79. The van der Waals surface area contributed by atoms with E-state index in [4.69, 9.17) is 5.14 Å². The van der Waals surface area contributed by atoms with Gasteiger partial charge >= 0.3 is 0 Å². The molecule has 1 aliphatic carbocycles. The van der Waals surface area contributed by atoms with Crippen LogP contribution < -0.4 is 5.14 Å². The van der Waals surface area contributed by atoms with Crippen LogP contribution in [0.4, 0.5) is 0 Å². The topological polar surface area (TPSA) is 85.9 Å². The number of aromatic nitrogens is 2. The van der Waals surface area contributed by atoms with E-state index in [0.29, 0.717) is 17.8 Å². The minimum Gasteiger partial charge on any atom is -0.261 e. The Balaban J connectivity index is 1.78. The van der Waals surface area contributed by atoms with Gasteiger partial charge in [0.25, 0.3) is 0 Å². The van der Waals surface area contributed by atoms with Crippen molar-refractivity contribution in [2.45, 2.75) is 42.9 Å². The Morgan fingerprint density at radius 1 is 1.14 bits per heavy atom. The molecule has 2 N–H and O–H groups in total. The lowest BCUT2D eigenvalue weighted by atomic mass is 10.1. The van der Waals surface area contributed by atoms with Crippen LogP contribution in [-0.2, 0) is 10.0 Å². The van der Waals surface area contributed by atoms with Crippen LogP contribution in [0.2, 0.25) is 0 Å². The molecule has 0 spiro atoms. The van der Waals surface area contributed by atoms with Gasteiger partial charge in [-0.1, -0.05) is 26.0 Å². The third kappa shape index (κ3) is 3.03. The Morgan fingerprint density at radius 3 is 2.41 bits per heavy atom. The van der Waals surface area contributed by atoms with E-state index < -0.39 is 10.0 Å². The molecule has 0 radical (unpaired) electrons. The highest BCUT2D eigenvalue weighted by atomic mass is 32.2. The first kappa shape index (κ1) is 15.1. The van der Waals surface area contributed by atoms with E-state index in [1.807, 2.05) is 24.5 Å². The predicted molar refractivity (Wildman–Crippen MR) is 84.0 cm³/mol. The minimum absolute atomic E-state index is 0.148. The smallest absolute Gasteiger partial charge is 0.238 e. The molecule has 1 aromatic heterocycles. The van der Waals surface area contributed by atoms with Gasteiger partial charge in [0.1, 0.15) is 0 Å². The first-order valence-electron chi connectivity index (χ1n) is 7.31. The van der Waals surface area contributed by atoms with Crippen LogP contribution >= 0.6 is 0 Å². The summed E-state index contributed by atoms with van der Waals surface area (Å²) in [6, 6.07) is 6.81. The van der Waals surface area contributed by atoms with Gasteiger partial charge < -0.3 is 0 Å². The molecule has 0 aliphatic heterocycles. The van der Waals surface area contributed by atoms with Crippen molar-refractivity contribution in [3.8, 4) is 0 Å². The zero-order valence-electron chi connectivity index (χ0n) is 12.6. The third-order valence-corrected chi connectivity index (χ3v) is 5.00. The van der Waals surface area contributed by atoms with Gasteiger partial charge in [0, 0.05) is 18.3 Å². The van der Waals surface area contributed by atoms with Crippen molar-refractivity contribution in [3.05, 3.63) is 53.6 Å². The van der Waals surface area contributed by atoms with Crippen LogP contribution in [0.3, 0.4) is 0 Å². The lowest BCUT2D eigenvalue weighted by Crippen LogP contribution is -2.11. The molecule has 5 nitrogen and oxygen atoms in total. The molecule has 22 heavy (non-hydrogen) atoms. The maximum Gasteiger partial charge on any atom is 0.238 e. The molecule has 1 aromatic carbocycles. The second kappa shape index (κ2) is 5.44. The molecular weight excluding hydrogens is 298 g/mol. The normalized spacial score (nSPS) is 21.1. The average Bonchev–Trinajstić information content (AvgIpc) is 3.27. The molecule has 3 rings (SSSR count). The van der Waals surface area contributed by atoms with Crippen molar-refractivity contribution in [1.29, 1.82) is 0 Å². The zero-order valence-corrected chi connectivity index (χ0v) is 13.4. The van der Waals surface area contributed by atoms with Gasteiger partial charge in [-0.05, 0) is 36.0 Å². The van der Waals surface area contributed by atoms with Crippen molar-refractivity contribution < 1.29 is 8.42 Å². The van der Waals surface area contributed by atoms with E-state index in [2.05, 4.69) is 23.8 Å². The van der Waals surface area contributed by atoms with Crippen LogP contribution in [0.15, 0.2) is 41.6 Å². The fourth-order valence-electron chi connectivity index (χ4n) is 2.65. The molecule has 1 heterocycles. The molecular formula is C16H19N3O2S. The highest BCUT2D eigenvalue weighted by Crippen LogP contribution is 2.54. The minimum atomic E-state index is -3.63. The van der Waals surface area contributed by atoms with Gasteiger partial charge in [0.05, 0.1) is 16.3 Å². The van der Waals surface area contributed by atoms with Crippen LogP contribution in [0.1, 0.15) is 55.0 Å². The second-order valence-electron chi connectivity index (χ2n) is 6.09. The van der Waals surface area contributed by atoms with Crippen LogP contribution in [-0.4, -0.2) is 18.4 Å². The number of hydrogen-bond donors (Lipinski definition) is 1. The molecule has 2 atom stereocenters. The number of nitrogens with zero attached hydrogens (tertiary/aromatic N) is 2. The summed E-state index contributed by atoms with van der Waals surface area (Å²) < 4.78 is 22.6. The van der Waals surface area contributed by atoms with E-state index >= 15 is 0 Å². The van der Waals surface area contributed by atoms with Gasteiger partial charge in [-0.3, -0.25) is 9.97 Å². The number of rotatable bonds is 4. The Bertz CT molecular complexity index is 785. The van der Waals surface area contributed by atoms with Gasteiger partial charge in [-0.15, -0.1) is 0 Å². The number of benzene rings is 1. The van der Waals surface area contributed by atoms with Crippen molar-refractivity contribution in [2.24, 2.45) is 5.14 Å². The van der Waals surface area contributed by atoms with E-state index in [1.165, 1.54) is 0 Å². The van der Waals surface area contributed by atoms with Crippen molar-refractivity contribution >= 4 is 10.0 Å². The van der Waals surface area contributed by atoms with Crippen molar-refractivity contribution in [1.82, 2.24) is 9.97 Å². The van der Waals surface area contributed by atoms with Gasteiger partial charge in [0.15, 0.2) is 0 Å². The second-order valence-corrected chi connectivity index (χ2v) is 7.65. The average molecular weight is 317 g/mol. The van der Waals surface area contributed by atoms with Crippen molar-refractivity contribution in [2.75, 3.05) is 0 Å². The SMILES string of the molecule is CC(C)c1cncc(C2CC2c2ccc(S(N)(=O)=O)cc2)n1. The molecule has 0 bridgehead atoms. The Kier molecular flexibility index (Phi) is 3.74. The molecule has 6 heteroatoms. The van der Waals surface area contributed by atoms with Crippen molar-refractivity contribution in [3.63, 3.8) is 0 Å². The first-order valence-corrected chi connectivity index (χ1v) is 8.85. The zero-order chi connectivity index (χ0) is 15.9. The number of hydrogen-bond acceptors (Lipinski definition) is 4. The van der Waals surface area contributed by atoms with Gasteiger partial charge in [0.2, 0.25) is 10.0 Å². The van der Waals surface area contributed by atoms with E-state index in [9.17, 15) is 8.42 Å². The van der Waals surface area contributed by atoms with Crippen LogP contribution in [0.5, 0.6) is 0 Å².